The molecule has 2 aromatic rings. The van der Waals surface area contributed by atoms with Crippen LogP contribution in [0.25, 0.3) is 11.0 Å². The smallest absolute Gasteiger partial charge is 0.244 e. The largest absolute Gasteiger partial charge is 0.340 e. The van der Waals surface area contributed by atoms with Gasteiger partial charge in [0.15, 0.2) is 17.8 Å². The lowest BCUT2D eigenvalue weighted by Crippen LogP contribution is -2.35. The second kappa shape index (κ2) is 6.52. The van der Waals surface area contributed by atoms with Gasteiger partial charge in [0.25, 0.3) is 0 Å². The van der Waals surface area contributed by atoms with Crippen LogP contribution in [0.5, 0.6) is 0 Å². The molecule has 4 nitrogen and oxygen atoms in total. The second-order valence-corrected chi connectivity index (χ2v) is 4.32. The molecule has 0 radical (unpaired) electrons. The van der Waals surface area contributed by atoms with Crippen molar-refractivity contribution < 1.29 is 9.30 Å². The van der Waals surface area contributed by atoms with Gasteiger partial charge in [-0.2, -0.15) is 0 Å². The Morgan fingerprint density at radius 2 is 2.00 bits per heavy atom. The van der Waals surface area contributed by atoms with E-state index in [9.17, 15) is 0 Å². The van der Waals surface area contributed by atoms with Gasteiger partial charge >= 0.3 is 0 Å². The molecule has 0 unspecified atom stereocenters. The third-order valence-corrected chi connectivity index (χ3v) is 3.27. The third-order valence-electron chi connectivity index (χ3n) is 3.27. The average Bonchev–Trinajstić information content (AvgIpc) is 2.82. The highest BCUT2D eigenvalue weighted by Gasteiger charge is 2.08. The van der Waals surface area contributed by atoms with Gasteiger partial charge in [0.05, 0.1) is 6.61 Å². The van der Waals surface area contributed by atoms with E-state index < -0.39 is 0 Å². The monoisotopic (exact) mass is 248 g/mol. The molecule has 0 saturated heterocycles. The maximum Gasteiger partial charge on any atom is 0.244 e. The molecule has 1 N–H and O–H groups in total. The molecule has 0 bridgehead atoms. The molecule has 98 valence electrons. The molecular weight excluding hydrogens is 226 g/mol. The molecule has 0 aliphatic rings. The summed E-state index contributed by atoms with van der Waals surface area (Å²) in [6.07, 6.45) is 1.96. The zero-order valence-corrected chi connectivity index (χ0v) is 11.2. The summed E-state index contributed by atoms with van der Waals surface area (Å²) in [6, 6.07) is 8.24. The molecule has 1 heterocycles. The van der Waals surface area contributed by atoms with Crippen molar-refractivity contribution in [2.45, 2.75) is 20.6 Å². The van der Waals surface area contributed by atoms with E-state index in [2.05, 4.69) is 40.4 Å². The number of fused-ring (bicyclic) bond motifs is 1. The number of aromatic amines is 1. The highest BCUT2D eigenvalue weighted by atomic mass is 16.5. The fraction of sp³-hybridized carbons (Fsp3) is 0.500. The number of imidazole rings is 1. The van der Waals surface area contributed by atoms with Gasteiger partial charge in [-0.3, -0.25) is 0 Å². The van der Waals surface area contributed by atoms with Gasteiger partial charge in [-0.15, -0.1) is 0 Å². The first-order valence-electron chi connectivity index (χ1n) is 6.60. The summed E-state index contributed by atoms with van der Waals surface area (Å²) < 4.78 is 7.82. The molecule has 0 saturated carbocycles. The number of hydrogen-bond donors (Lipinski definition) is 1. The third kappa shape index (κ3) is 3.09. The second-order valence-electron chi connectivity index (χ2n) is 4.32. The minimum Gasteiger partial charge on any atom is -0.340 e. The summed E-state index contributed by atoms with van der Waals surface area (Å²) in [5, 5.41) is 0. The van der Waals surface area contributed by atoms with E-state index in [4.69, 9.17) is 4.74 Å². The molecular formula is C14H22N3O+. The number of nitrogens with one attached hydrogen (secondary N) is 1. The quantitative estimate of drug-likeness (QED) is 0.598. The molecule has 2 rings (SSSR count). The summed E-state index contributed by atoms with van der Waals surface area (Å²) in [7, 11) is 0. The standard InChI is InChI=1S/C14H21N3O/c1-3-16(4-2)9-10-18-12-17-11-15-13-7-5-6-8-14(13)17/h5-8,11H,3-4,9-10,12H2,1-2H3/p+1. The van der Waals surface area contributed by atoms with E-state index in [1.807, 2.05) is 18.5 Å². The minimum absolute atomic E-state index is 0.602. The maximum absolute atomic E-state index is 5.72. The minimum atomic E-state index is 0.602. The van der Waals surface area contributed by atoms with Gasteiger partial charge in [0.2, 0.25) is 6.33 Å². The number of nitrogens with zero attached hydrogens (tertiary/aromatic N) is 2. The van der Waals surface area contributed by atoms with Crippen LogP contribution >= 0.6 is 0 Å². The fourth-order valence-corrected chi connectivity index (χ4v) is 2.07. The van der Waals surface area contributed by atoms with Crippen LogP contribution in [-0.2, 0) is 11.5 Å². The number of likely N-dealkylation sites (N-methyl/N-ethyl adjacent to an activating group) is 1. The number of benzene rings is 1. The topological polar surface area (TPSA) is 32.1 Å². The van der Waals surface area contributed by atoms with Crippen LogP contribution in [0, 0.1) is 0 Å². The van der Waals surface area contributed by atoms with E-state index in [1.54, 1.807) is 0 Å². The molecule has 1 aromatic heterocycles. The SMILES string of the molecule is CCN(CC)CCOC[n+]1c[nH]c2ccccc21. The number of aromatic nitrogens is 2. The van der Waals surface area contributed by atoms with Gasteiger partial charge < -0.3 is 9.64 Å². The van der Waals surface area contributed by atoms with E-state index in [0.29, 0.717) is 6.73 Å². The summed E-state index contributed by atoms with van der Waals surface area (Å²) in [5.41, 5.74) is 2.32. The number of rotatable bonds is 7. The first kappa shape index (κ1) is 13.1. The summed E-state index contributed by atoms with van der Waals surface area (Å²) in [6.45, 7) is 8.89. The first-order chi connectivity index (χ1) is 8.85. The lowest BCUT2D eigenvalue weighted by Gasteiger charge is -2.17. The summed E-state index contributed by atoms with van der Waals surface area (Å²) >= 11 is 0. The van der Waals surface area contributed by atoms with Crippen molar-refractivity contribution in [2.24, 2.45) is 0 Å². The van der Waals surface area contributed by atoms with Crippen molar-refractivity contribution in [3.05, 3.63) is 30.6 Å². The van der Waals surface area contributed by atoms with Crippen molar-refractivity contribution >= 4 is 11.0 Å². The van der Waals surface area contributed by atoms with Gasteiger partial charge in [-0.25, -0.2) is 9.55 Å². The van der Waals surface area contributed by atoms with Gasteiger partial charge in [0.1, 0.15) is 0 Å². The van der Waals surface area contributed by atoms with Crippen molar-refractivity contribution in [3.8, 4) is 0 Å². The molecule has 18 heavy (non-hydrogen) atoms. The van der Waals surface area contributed by atoms with E-state index in [-0.39, 0.29) is 0 Å². The van der Waals surface area contributed by atoms with E-state index in [0.717, 1.165) is 31.8 Å². The van der Waals surface area contributed by atoms with Crippen LogP contribution in [-0.4, -0.2) is 36.1 Å². The Kier molecular flexibility index (Phi) is 4.73. The van der Waals surface area contributed by atoms with Crippen LogP contribution in [0.1, 0.15) is 13.8 Å². The first-order valence-corrected chi connectivity index (χ1v) is 6.60. The van der Waals surface area contributed by atoms with Crippen LogP contribution in [0.2, 0.25) is 0 Å². The molecule has 0 atom stereocenters. The zero-order chi connectivity index (χ0) is 12.8. The van der Waals surface area contributed by atoms with E-state index >= 15 is 0 Å². The Bertz CT molecular complexity index is 477. The van der Waals surface area contributed by atoms with Crippen molar-refractivity contribution in [2.75, 3.05) is 26.2 Å². The molecule has 4 heteroatoms. The van der Waals surface area contributed by atoms with Crippen molar-refractivity contribution in [1.29, 1.82) is 0 Å². The van der Waals surface area contributed by atoms with Gasteiger partial charge in [-0.1, -0.05) is 26.0 Å². The Hall–Kier alpha value is -1.39. The van der Waals surface area contributed by atoms with Crippen LogP contribution < -0.4 is 4.57 Å². The van der Waals surface area contributed by atoms with Crippen molar-refractivity contribution in [1.82, 2.24) is 9.88 Å². The molecule has 0 fully saturated rings. The average molecular weight is 248 g/mol. The van der Waals surface area contributed by atoms with E-state index in [1.165, 1.54) is 5.52 Å². The Morgan fingerprint density at radius 1 is 1.22 bits per heavy atom. The molecule has 0 aliphatic carbocycles. The Labute approximate surface area is 108 Å². The lowest BCUT2D eigenvalue weighted by molar-refractivity contribution is -0.709. The number of H-pyrrole nitrogens is 1. The Balaban J connectivity index is 1.83. The highest BCUT2D eigenvalue weighted by molar-refractivity contribution is 5.70. The summed E-state index contributed by atoms with van der Waals surface area (Å²) in [4.78, 5) is 5.59. The predicted octanol–water partition coefficient (Wildman–Crippen LogP) is 1.77. The molecule has 0 spiro atoms. The van der Waals surface area contributed by atoms with Gasteiger partial charge in [-0.05, 0) is 25.2 Å². The number of ether oxygens (including phenoxy) is 1. The van der Waals surface area contributed by atoms with Crippen LogP contribution in [0.4, 0.5) is 0 Å². The van der Waals surface area contributed by atoms with Crippen LogP contribution in [0.3, 0.4) is 0 Å². The summed E-state index contributed by atoms with van der Waals surface area (Å²) in [5.74, 6) is 0. The predicted molar refractivity (Wildman–Crippen MR) is 72.2 cm³/mol. The van der Waals surface area contributed by atoms with Gasteiger partial charge in [0, 0.05) is 6.54 Å². The maximum atomic E-state index is 5.72. The molecule has 1 aromatic carbocycles. The van der Waals surface area contributed by atoms with Crippen molar-refractivity contribution in [3.63, 3.8) is 0 Å². The number of hydrogen-bond acceptors (Lipinski definition) is 2. The highest BCUT2D eigenvalue weighted by Crippen LogP contribution is 2.05. The normalized spacial score (nSPS) is 11.5. The zero-order valence-electron chi connectivity index (χ0n) is 11.2. The fourth-order valence-electron chi connectivity index (χ4n) is 2.07. The number of para-hydroxylation sites is 2. The molecule has 0 amide bonds. The lowest BCUT2D eigenvalue weighted by atomic mass is 10.3. The molecule has 0 aliphatic heterocycles. The van der Waals surface area contributed by atoms with Crippen LogP contribution in [0.15, 0.2) is 30.6 Å². The Morgan fingerprint density at radius 3 is 2.78 bits per heavy atom.